The summed E-state index contributed by atoms with van der Waals surface area (Å²) in [6, 6.07) is 0.257. The summed E-state index contributed by atoms with van der Waals surface area (Å²) in [5, 5.41) is 10.2. The highest BCUT2D eigenvalue weighted by Crippen LogP contribution is 2.26. The summed E-state index contributed by atoms with van der Waals surface area (Å²) in [5.74, 6) is 0.945. The van der Waals surface area contributed by atoms with E-state index in [9.17, 15) is 5.11 Å². The van der Waals surface area contributed by atoms with Crippen molar-refractivity contribution >= 4 is 16.7 Å². The van der Waals surface area contributed by atoms with Gasteiger partial charge in [0.25, 0.3) is 0 Å². The van der Waals surface area contributed by atoms with E-state index >= 15 is 0 Å². The lowest BCUT2D eigenvalue weighted by molar-refractivity contribution is 0.266. The molecular weight excluding hydrogens is 210 g/mol. The Kier molecular flexibility index (Phi) is 3.53. The van der Waals surface area contributed by atoms with E-state index in [1.165, 1.54) is 11.5 Å². The van der Waals surface area contributed by atoms with E-state index in [4.69, 9.17) is 0 Å². The van der Waals surface area contributed by atoms with Crippen LogP contribution in [0.5, 0.6) is 0 Å². The Morgan fingerprint density at radius 3 is 3.20 bits per heavy atom. The van der Waals surface area contributed by atoms with Gasteiger partial charge < -0.3 is 10.0 Å². The summed E-state index contributed by atoms with van der Waals surface area (Å²) in [7, 11) is 0. The average molecular weight is 227 g/mol. The lowest BCUT2D eigenvalue weighted by Gasteiger charge is -2.21. The normalized spacial score (nSPS) is 21.2. The van der Waals surface area contributed by atoms with Gasteiger partial charge in [0.2, 0.25) is 5.13 Å². The van der Waals surface area contributed by atoms with Gasteiger partial charge in [0, 0.05) is 24.5 Å². The van der Waals surface area contributed by atoms with Crippen LogP contribution < -0.4 is 4.90 Å². The fraction of sp³-hybridized carbons (Fsp3) is 0.800. The van der Waals surface area contributed by atoms with Gasteiger partial charge in [-0.1, -0.05) is 6.92 Å². The van der Waals surface area contributed by atoms with Crippen LogP contribution in [0.3, 0.4) is 0 Å². The van der Waals surface area contributed by atoms with Gasteiger partial charge in [0.05, 0.1) is 12.6 Å². The summed E-state index contributed by atoms with van der Waals surface area (Å²) in [4.78, 5) is 6.69. The number of rotatable bonds is 4. The third kappa shape index (κ3) is 2.29. The van der Waals surface area contributed by atoms with Gasteiger partial charge in [-0.05, 0) is 19.3 Å². The van der Waals surface area contributed by atoms with Crippen molar-refractivity contribution in [3.8, 4) is 0 Å². The van der Waals surface area contributed by atoms with Crippen LogP contribution in [-0.2, 0) is 6.42 Å². The molecule has 1 aromatic rings. The van der Waals surface area contributed by atoms with Crippen LogP contribution in [0.4, 0.5) is 5.13 Å². The van der Waals surface area contributed by atoms with Gasteiger partial charge in [-0.15, -0.1) is 0 Å². The fourth-order valence-corrected chi connectivity index (χ4v) is 2.77. The first kappa shape index (κ1) is 10.8. The molecule has 1 aromatic heterocycles. The summed E-state index contributed by atoms with van der Waals surface area (Å²) in [5.41, 5.74) is 0. The smallest absolute Gasteiger partial charge is 0.205 e. The molecule has 1 N–H and O–H groups in total. The van der Waals surface area contributed by atoms with E-state index in [0.29, 0.717) is 0 Å². The molecule has 0 bridgehead atoms. The molecule has 1 aliphatic rings. The van der Waals surface area contributed by atoms with E-state index in [0.717, 1.165) is 43.2 Å². The van der Waals surface area contributed by atoms with Gasteiger partial charge in [0.15, 0.2) is 0 Å². The molecule has 1 fully saturated rings. The molecule has 2 heterocycles. The van der Waals surface area contributed by atoms with Crippen molar-refractivity contribution < 1.29 is 5.11 Å². The van der Waals surface area contributed by atoms with Gasteiger partial charge in [-0.25, -0.2) is 4.98 Å². The maximum atomic E-state index is 9.22. The molecule has 0 amide bonds. The topological polar surface area (TPSA) is 49.2 Å². The minimum Gasteiger partial charge on any atom is -0.394 e. The molecule has 0 spiro atoms. The standard InChI is InChI=1S/C10H17N3OS/c1-2-4-9-11-10(15-12-9)13-6-3-5-8(13)7-14/h8,14H,2-7H2,1H3. The van der Waals surface area contributed by atoms with Crippen molar-refractivity contribution in [3.63, 3.8) is 0 Å². The monoisotopic (exact) mass is 227 g/mol. The van der Waals surface area contributed by atoms with Crippen LogP contribution in [0.15, 0.2) is 0 Å². The number of aliphatic hydroxyl groups is 1. The third-order valence-corrected chi connectivity index (χ3v) is 3.56. The number of aromatic nitrogens is 2. The Hall–Kier alpha value is -0.680. The molecule has 0 aliphatic carbocycles. The van der Waals surface area contributed by atoms with Crippen LogP contribution in [0.25, 0.3) is 0 Å². The van der Waals surface area contributed by atoms with Crippen LogP contribution in [0.2, 0.25) is 0 Å². The molecule has 84 valence electrons. The molecule has 0 radical (unpaired) electrons. The first-order valence-corrected chi connectivity index (χ1v) is 6.32. The largest absolute Gasteiger partial charge is 0.394 e. The summed E-state index contributed by atoms with van der Waals surface area (Å²) >= 11 is 1.46. The van der Waals surface area contributed by atoms with Crippen LogP contribution in [-0.4, -0.2) is 33.7 Å². The van der Waals surface area contributed by atoms with E-state index in [-0.39, 0.29) is 12.6 Å². The van der Waals surface area contributed by atoms with Crippen molar-refractivity contribution in [2.24, 2.45) is 0 Å². The number of aliphatic hydroxyl groups excluding tert-OH is 1. The van der Waals surface area contributed by atoms with E-state index in [1.807, 2.05) is 0 Å². The van der Waals surface area contributed by atoms with Crippen LogP contribution in [0.1, 0.15) is 32.0 Å². The van der Waals surface area contributed by atoms with Gasteiger partial charge >= 0.3 is 0 Å². The molecule has 0 saturated carbocycles. The molecule has 1 unspecified atom stereocenters. The number of aryl methyl sites for hydroxylation is 1. The maximum absolute atomic E-state index is 9.22. The van der Waals surface area contributed by atoms with E-state index in [1.54, 1.807) is 0 Å². The SMILES string of the molecule is CCCc1nsc(N2CCCC2CO)n1. The predicted octanol–water partition coefficient (Wildman–Crippen LogP) is 1.45. The lowest BCUT2D eigenvalue weighted by atomic mass is 10.2. The zero-order valence-electron chi connectivity index (χ0n) is 9.02. The van der Waals surface area contributed by atoms with Crippen molar-refractivity contribution in [1.82, 2.24) is 9.36 Å². The summed E-state index contributed by atoms with van der Waals surface area (Å²) < 4.78 is 4.33. The zero-order valence-corrected chi connectivity index (χ0v) is 9.83. The first-order valence-electron chi connectivity index (χ1n) is 5.55. The molecule has 15 heavy (non-hydrogen) atoms. The molecule has 1 saturated heterocycles. The molecule has 2 rings (SSSR count). The summed E-state index contributed by atoms with van der Waals surface area (Å²) in [6.45, 7) is 3.36. The highest BCUT2D eigenvalue weighted by atomic mass is 32.1. The lowest BCUT2D eigenvalue weighted by Crippen LogP contribution is -2.31. The molecule has 5 heteroatoms. The van der Waals surface area contributed by atoms with Gasteiger partial charge in [0.1, 0.15) is 5.82 Å². The quantitative estimate of drug-likeness (QED) is 0.846. The first-order chi connectivity index (χ1) is 7.35. The second-order valence-electron chi connectivity index (χ2n) is 3.92. The number of anilines is 1. The van der Waals surface area contributed by atoms with Crippen molar-refractivity contribution in [2.75, 3.05) is 18.1 Å². The third-order valence-electron chi connectivity index (χ3n) is 2.76. The van der Waals surface area contributed by atoms with Crippen LogP contribution >= 0.6 is 11.5 Å². The summed E-state index contributed by atoms with van der Waals surface area (Å²) in [6.07, 6.45) is 4.25. The van der Waals surface area contributed by atoms with Crippen molar-refractivity contribution in [2.45, 2.75) is 38.6 Å². The van der Waals surface area contributed by atoms with Gasteiger partial charge in [-0.2, -0.15) is 4.37 Å². The Bertz CT molecular complexity index is 315. The minimum absolute atomic E-state index is 0.225. The Morgan fingerprint density at radius 1 is 1.60 bits per heavy atom. The molecule has 4 nitrogen and oxygen atoms in total. The van der Waals surface area contributed by atoms with E-state index < -0.39 is 0 Å². The minimum atomic E-state index is 0.225. The Balaban J connectivity index is 2.07. The van der Waals surface area contributed by atoms with Crippen molar-refractivity contribution in [3.05, 3.63) is 5.82 Å². The van der Waals surface area contributed by atoms with Crippen molar-refractivity contribution in [1.29, 1.82) is 0 Å². The predicted molar refractivity (Wildman–Crippen MR) is 61.4 cm³/mol. The zero-order chi connectivity index (χ0) is 10.7. The second kappa shape index (κ2) is 4.90. The molecular formula is C10H17N3OS. The van der Waals surface area contributed by atoms with E-state index in [2.05, 4.69) is 21.2 Å². The van der Waals surface area contributed by atoms with Crippen LogP contribution in [0, 0.1) is 0 Å². The molecule has 0 aromatic carbocycles. The molecule has 1 atom stereocenters. The number of nitrogens with zero attached hydrogens (tertiary/aromatic N) is 3. The number of hydrogen-bond acceptors (Lipinski definition) is 5. The number of hydrogen-bond donors (Lipinski definition) is 1. The average Bonchev–Trinajstić information content (AvgIpc) is 2.84. The Morgan fingerprint density at radius 2 is 2.47 bits per heavy atom. The highest BCUT2D eigenvalue weighted by molar-refractivity contribution is 7.09. The maximum Gasteiger partial charge on any atom is 0.205 e. The van der Waals surface area contributed by atoms with Gasteiger partial charge in [-0.3, -0.25) is 0 Å². The second-order valence-corrected chi connectivity index (χ2v) is 4.65. The Labute approximate surface area is 94.1 Å². The fourth-order valence-electron chi connectivity index (χ4n) is 1.96. The highest BCUT2D eigenvalue weighted by Gasteiger charge is 2.26. The molecule has 1 aliphatic heterocycles.